The third-order valence-corrected chi connectivity index (χ3v) is 3.78. The highest BCUT2D eigenvalue weighted by molar-refractivity contribution is 5.77. The van der Waals surface area contributed by atoms with E-state index in [0.29, 0.717) is 18.7 Å². The van der Waals surface area contributed by atoms with Crippen molar-refractivity contribution in [2.24, 2.45) is 7.05 Å². The highest BCUT2D eigenvalue weighted by atomic mass is 16.5. The van der Waals surface area contributed by atoms with Gasteiger partial charge in [0, 0.05) is 38.0 Å². The molecule has 1 aliphatic rings. The highest BCUT2D eigenvalue weighted by Gasteiger charge is 2.35. The number of imidazole rings is 1. The number of Topliss-reactive ketones (excluding diaryl/α,β-unsaturated/α-hetero) is 1. The molecule has 0 radical (unpaired) electrons. The smallest absolute Gasteiger partial charge is 0.215 e. The van der Waals surface area contributed by atoms with Gasteiger partial charge in [-0.25, -0.2) is 4.98 Å². The van der Waals surface area contributed by atoms with Crippen LogP contribution in [0.15, 0.2) is 12.4 Å². The molecule has 2 N–H and O–H groups in total. The Hall–Kier alpha value is -2.03. The van der Waals surface area contributed by atoms with Gasteiger partial charge in [0.1, 0.15) is 23.9 Å². The first-order valence-corrected chi connectivity index (χ1v) is 8.31. The van der Waals surface area contributed by atoms with Crippen LogP contribution in [0.1, 0.15) is 38.7 Å². The summed E-state index contributed by atoms with van der Waals surface area (Å²) in [5.74, 6) is 0.631. The van der Waals surface area contributed by atoms with Crippen molar-refractivity contribution in [2.45, 2.75) is 52.0 Å². The summed E-state index contributed by atoms with van der Waals surface area (Å²) >= 11 is 0. The lowest BCUT2D eigenvalue weighted by atomic mass is 10.2. The fraction of sp³-hybridized carbons (Fsp3) is 0.588. The summed E-state index contributed by atoms with van der Waals surface area (Å²) in [6.07, 6.45) is 3.73. The minimum absolute atomic E-state index is 0.0430. The van der Waals surface area contributed by atoms with Crippen LogP contribution in [0, 0.1) is 0 Å². The minimum atomic E-state index is -0.809. The molecule has 140 valence electrons. The molecule has 1 fully saturated rings. The largest absolute Gasteiger partial charge is 0.394 e. The van der Waals surface area contributed by atoms with Crippen molar-refractivity contribution in [3.05, 3.63) is 23.9 Å². The van der Waals surface area contributed by atoms with Crippen LogP contribution >= 0.6 is 0 Å². The van der Waals surface area contributed by atoms with Crippen molar-refractivity contribution in [3.8, 4) is 0 Å². The summed E-state index contributed by atoms with van der Waals surface area (Å²) in [6, 6.07) is 0. The molecule has 0 saturated carbocycles. The van der Waals surface area contributed by atoms with Crippen molar-refractivity contribution in [2.75, 3.05) is 6.61 Å². The van der Waals surface area contributed by atoms with Gasteiger partial charge in [-0.05, 0) is 13.0 Å². The van der Waals surface area contributed by atoms with E-state index in [1.54, 1.807) is 23.9 Å². The summed E-state index contributed by atoms with van der Waals surface area (Å²) in [5, 5.41) is 18.8. The van der Waals surface area contributed by atoms with Gasteiger partial charge < -0.3 is 19.5 Å². The van der Waals surface area contributed by atoms with Gasteiger partial charge in [0.25, 0.3) is 0 Å². The number of amides is 1. The SMILES string of the molecule is CC.CC(=O)Cc1cnc(/C=C\N(C=O)C2CC(O)C(CO)O2)n1C. The number of hydrogen-bond donors (Lipinski definition) is 2. The van der Waals surface area contributed by atoms with Crippen molar-refractivity contribution in [1.82, 2.24) is 14.5 Å². The number of aliphatic hydroxyl groups is 2. The molecule has 0 spiro atoms. The number of ether oxygens (including phenoxy) is 1. The maximum atomic E-state index is 11.2. The molecule has 8 heteroatoms. The Balaban J connectivity index is 0.00000151. The monoisotopic (exact) mass is 353 g/mol. The Morgan fingerprint density at radius 3 is 2.72 bits per heavy atom. The number of carbonyl (C=O) groups is 2. The molecule has 1 amide bonds. The van der Waals surface area contributed by atoms with E-state index in [2.05, 4.69) is 4.98 Å². The Morgan fingerprint density at radius 2 is 2.20 bits per heavy atom. The third-order valence-electron chi connectivity index (χ3n) is 3.78. The molecule has 2 heterocycles. The second-order valence-electron chi connectivity index (χ2n) is 5.53. The van der Waals surface area contributed by atoms with E-state index in [-0.39, 0.29) is 18.8 Å². The van der Waals surface area contributed by atoms with Crippen LogP contribution in [-0.4, -0.2) is 61.9 Å². The molecule has 8 nitrogen and oxygen atoms in total. The van der Waals surface area contributed by atoms with Crippen molar-refractivity contribution in [1.29, 1.82) is 0 Å². The Morgan fingerprint density at radius 1 is 1.52 bits per heavy atom. The molecule has 0 bridgehead atoms. The van der Waals surface area contributed by atoms with E-state index in [9.17, 15) is 14.7 Å². The van der Waals surface area contributed by atoms with E-state index in [1.807, 2.05) is 13.8 Å². The van der Waals surface area contributed by atoms with Crippen LogP contribution in [0.2, 0.25) is 0 Å². The van der Waals surface area contributed by atoms with Gasteiger partial charge in [-0.2, -0.15) is 0 Å². The Kier molecular flexibility index (Phi) is 8.47. The fourth-order valence-electron chi connectivity index (χ4n) is 2.45. The lowest BCUT2D eigenvalue weighted by Gasteiger charge is -2.20. The van der Waals surface area contributed by atoms with E-state index in [0.717, 1.165) is 5.69 Å². The Labute approximate surface area is 147 Å². The first kappa shape index (κ1) is 21.0. The van der Waals surface area contributed by atoms with E-state index < -0.39 is 18.4 Å². The molecular formula is C17H27N3O5. The number of rotatable bonds is 7. The molecule has 1 aliphatic heterocycles. The molecule has 3 unspecified atom stereocenters. The second-order valence-corrected chi connectivity index (χ2v) is 5.53. The lowest BCUT2D eigenvalue weighted by molar-refractivity contribution is -0.127. The molecule has 1 aromatic heterocycles. The highest BCUT2D eigenvalue weighted by Crippen LogP contribution is 2.23. The predicted octanol–water partition coefficient (Wildman–Crippen LogP) is 0.475. The zero-order chi connectivity index (χ0) is 19.0. The van der Waals surface area contributed by atoms with Crippen LogP contribution in [0.3, 0.4) is 0 Å². The molecule has 2 rings (SSSR count). The fourth-order valence-corrected chi connectivity index (χ4v) is 2.45. The summed E-state index contributed by atoms with van der Waals surface area (Å²) in [7, 11) is 1.79. The van der Waals surface area contributed by atoms with Gasteiger partial charge in [-0.1, -0.05) is 13.8 Å². The van der Waals surface area contributed by atoms with Gasteiger partial charge in [-0.15, -0.1) is 0 Å². The van der Waals surface area contributed by atoms with Gasteiger partial charge >= 0.3 is 0 Å². The van der Waals surface area contributed by atoms with Crippen molar-refractivity contribution >= 4 is 18.3 Å². The summed E-state index contributed by atoms with van der Waals surface area (Å²) < 4.78 is 7.19. The van der Waals surface area contributed by atoms with Crippen LogP contribution < -0.4 is 0 Å². The molecule has 0 aromatic carbocycles. The lowest BCUT2D eigenvalue weighted by Crippen LogP contribution is -2.30. The topological polar surface area (TPSA) is 105 Å². The number of hydrogen-bond acceptors (Lipinski definition) is 6. The maximum Gasteiger partial charge on any atom is 0.215 e. The van der Waals surface area contributed by atoms with E-state index >= 15 is 0 Å². The number of ketones is 1. The first-order valence-electron chi connectivity index (χ1n) is 8.31. The predicted molar refractivity (Wildman–Crippen MR) is 92.2 cm³/mol. The average molecular weight is 353 g/mol. The molecule has 25 heavy (non-hydrogen) atoms. The standard InChI is InChI=1S/C15H21N3O5.C2H6/c1-10(21)5-11-7-16-14(17(11)2)3-4-18(9-20)15-6-12(22)13(8-19)23-15;1-2/h3-4,7,9,12-13,15,19,22H,5-6,8H2,1-2H3;1-2H3/b4-3-;. The first-order chi connectivity index (χ1) is 12.0. The van der Waals surface area contributed by atoms with Crippen LogP contribution in [0.5, 0.6) is 0 Å². The van der Waals surface area contributed by atoms with Crippen LogP contribution in [0.25, 0.3) is 6.08 Å². The van der Waals surface area contributed by atoms with Crippen molar-refractivity contribution < 1.29 is 24.5 Å². The summed E-state index contributed by atoms with van der Waals surface area (Å²) in [4.78, 5) is 27.9. The number of aromatic nitrogens is 2. The summed E-state index contributed by atoms with van der Waals surface area (Å²) in [6.45, 7) is 5.21. The van der Waals surface area contributed by atoms with Gasteiger partial charge in [0.15, 0.2) is 0 Å². The zero-order valence-corrected chi connectivity index (χ0v) is 15.1. The third kappa shape index (κ3) is 5.48. The number of aliphatic hydroxyl groups excluding tert-OH is 2. The van der Waals surface area contributed by atoms with Gasteiger partial charge in [-0.3, -0.25) is 14.5 Å². The molecule has 3 atom stereocenters. The quantitative estimate of drug-likeness (QED) is 0.691. The normalized spacial score (nSPS) is 22.6. The second kappa shape index (κ2) is 10.1. The van der Waals surface area contributed by atoms with Crippen LogP contribution in [-0.2, 0) is 27.8 Å². The zero-order valence-electron chi connectivity index (χ0n) is 15.1. The molecule has 0 aliphatic carbocycles. The van der Waals surface area contributed by atoms with Gasteiger partial charge in [0.2, 0.25) is 6.41 Å². The van der Waals surface area contributed by atoms with Gasteiger partial charge in [0.05, 0.1) is 12.7 Å². The van der Waals surface area contributed by atoms with Crippen LogP contribution in [0.4, 0.5) is 0 Å². The molecule has 1 aromatic rings. The summed E-state index contributed by atoms with van der Waals surface area (Å²) in [5.41, 5.74) is 0.780. The molecule has 1 saturated heterocycles. The van der Waals surface area contributed by atoms with E-state index in [1.165, 1.54) is 18.0 Å². The Bertz CT molecular complexity index is 599. The maximum absolute atomic E-state index is 11.2. The molecular weight excluding hydrogens is 326 g/mol. The number of nitrogens with zero attached hydrogens (tertiary/aromatic N) is 3. The number of carbonyl (C=O) groups excluding carboxylic acids is 2. The van der Waals surface area contributed by atoms with E-state index in [4.69, 9.17) is 9.84 Å². The van der Waals surface area contributed by atoms with Crippen molar-refractivity contribution in [3.63, 3.8) is 0 Å². The minimum Gasteiger partial charge on any atom is -0.394 e. The average Bonchev–Trinajstić information content (AvgIpc) is 3.13.